The van der Waals surface area contributed by atoms with Crippen LogP contribution in [0.3, 0.4) is 0 Å². The van der Waals surface area contributed by atoms with E-state index < -0.39 is 9.73 Å². The van der Waals surface area contributed by atoms with Crippen molar-refractivity contribution in [3.05, 3.63) is 41.8 Å². The zero-order valence-electron chi connectivity index (χ0n) is 7.80. The van der Waals surface area contributed by atoms with E-state index in [0.717, 1.165) is 5.56 Å². The van der Waals surface area contributed by atoms with Gasteiger partial charge < -0.3 is 5.11 Å². The standard InChI is InChI=1S/C10H11NO2S/c1-8-2-4-10(5-3-8)14(13)7-9(12)6-11-14/h2-6,12H,7H2,1H3. The lowest BCUT2D eigenvalue weighted by Gasteiger charge is -2.04. The van der Waals surface area contributed by atoms with Crippen molar-refractivity contribution in [3.8, 4) is 0 Å². The van der Waals surface area contributed by atoms with Gasteiger partial charge in [-0.2, -0.15) is 4.36 Å². The summed E-state index contributed by atoms with van der Waals surface area (Å²) >= 11 is 0. The number of hydrogen-bond donors (Lipinski definition) is 1. The van der Waals surface area contributed by atoms with Crippen LogP contribution in [0.4, 0.5) is 0 Å². The Labute approximate surface area is 83.3 Å². The van der Waals surface area contributed by atoms with Gasteiger partial charge in [0.2, 0.25) is 0 Å². The summed E-state index contributed by atoms with van der Waals surface area (Å²) < 4.78 is 16.0. The molecule has 0 fully saturated rings. The molecule has 3 nitrogen and oxygen atoms in total. The van der Waals surface area contributed by atoms with E-state index >= 15 is 0 Å². The average Bonchev–Trinajstić information content (AvgIpc) is 2.48. The Bertz CT molecular complexity index is 493. The van der Waals surface area contributed by atoms with Gasteiger partial charge in [-0.05, 0) is 19.1 Å². The van der Waals surface area contributed by atoms with Crippen LogP contribution in [0.15, 0.2) is 45.5 Å². The van der Waals surface area contributed by atoms with Gasteiger partial charge in [-0.1, -0.05) is 17.7 Å². The first-order chi connectivity index (χ1) is 6.60. The molecule has 0 aromatic heterocycles. The molecule has 1 aromatic rings. The van der Waals surface area contributed by atoms with E-state index in [1.54, 1.807) is 12.1 Å². The molecule has 1 unspecified atom stereocenters. The molecule has 1 atom stereocenters. The molecule has 0 bridgehead atoms. The van der Waals surface area contributed by atoms with Crippen molar-refractivity contribution in [2.75, 3.05) is 5.75 Å². The maximum Gasteiger partial charge on any atom is 0.125 e. The van der Waals surface area contributed by atoms with Crippen LogP contribution in [0.2, 0.25) is 0 Å². The van der Waals surface area contributed by atoms with Gasteiger partial charge in [0.15, 0.2) is 0 Å². The predicted octanol–water partition coefficient (Wildman–Crippen LogP) is 2.23. The van der Waals surface area contributed by atoms with Crippen molar-refractivity contribution in [2.24, 2.45) is 4.36 Å². The highest BCUT2D eigenvalue weighted by molar-refractivity contribution is 7.94. The number of aliphatic hydroxyl groups is 1. The smallest absolute Gasteiger partial charge is 0.125 e. The van der Waals surface area contributed by atoms with E-state index in [2.05, 4.69) is 4.36 Å². The lowest BCUT2D eigenvalue weighted by Crippen LogP contribution is -2.03. The summed E-state index contributed by atoms with van der Waals surface area (Å²) in [5.41, 5.74) is 1.12. The highest BCUT2D eigenvalue weighted by atomic mass is 32.2. The molecule has 0 aliphatic carbocycles. The summed E-state index contributed by atoms with van der Waals surface area (Å²) in [7, 11) is -2.42. The number of benzene rings is 1. The summed E-state index contributed by atoms with van der Waals surface area (Å²) in [6, 6.07) is 7.39. The number of aliphatic hydroxyl groups excluding tert-OH is 1. The Hall–Kier alpha value is -1.29. The van der Waals surface area contributed by atoms with Gasteiger partial charge >= 0.3 is 0 Å². The SMILES string of the molecule is Cc1ccc(S2(=O)=NC=C(O)C2)cc1. The lowest BCUT2D eigenvalue weighted by atomic mass is 10.2. The van der Waals surface area contributed by atoms with Crippen LogP contribution in [0.5, 0.6) is 0 Å². The first kappa shape index (κ1) is 9.27. The van der Waals surface area contributed by atoms with Crippen LogP contribution in [0.25, 0.3) is 0 Å². The Morgan fingerprint density at radius 3 is 2.50 bits per heavy atom. The fourth-order valence-electron chi connectivity index (χ4n) is 1.32. The Morgan fingerprint density at radius 1 is 1.36 bits per heavy atom. The number of aryl methyl sites for hydroxylation is 1. The van der Waals surface area contributed by atoms with Crippen LogP contribution in [-0.2, 0) is 9.73 Å². The molecule has 0 saturated heterocycles. The van der Waals surface area contributed by atoms with Gasteiger partial charge in [-0.3, -0.25) is 0 Å². The summed E-state index contributed by atoms with van der Waals surface area (Å²) in [6.07, 6.45) is 1.28. The monoisotopic (exact) mass is 209 g/mol. The van der Waals surface area contributed by atoms with Crippen LogP contribution in [-0.4, -0.2) is 15.1 Å². The molecule has 2 rings (SSSR count). The average molecular weight is 209 g/mol. The second-order valence-corrected chi connectivity index (χ2v) is 5.58. The summed E-state index contributed by atoms with van der Waals surface area (Å²) in [5, 5.41) is 9.17. The molecule has 1 aliphatic rings. The van der Waals surface area contributed by atoms with Crippen LogP contribution >= 0.6 is 0 Å². The molecular formula is C10H11NO2S. The third-order valence-electron chi connectivity index (χ3n) is 2.10. The molecule has 0 spiro atoms. The third kappa shape index (κ3) is 1.53. The van der Waals surface area contributed by atoms with Gasteiger partial charge in [-0.15, -0.1) is 0 Å². The zero-order valence-corrected chi connectivity index (χ0v) is 8.62. The quantitative estimate of drug-likeness (QED) is 0.771. The molecule has 1 aromatic carbocycles. The van der Waals surface area contributed by atoms with E-state index in [1.165, 1.54) is 6.20 Å². The van der Waals surface area contributed by atoms with Crippen molar-refractivity contribution in [2.45, 2.75) is 11.8 Å². The minimum absolute atomic E-state index is 0.0931. The number of hydrogen-bond acceptors (Lipinski definition) is 3. The van der Waals surface area contributed by atoms with Gasteiger partial charge in [0.25, 0.3) is 0 Å². The van der Waals surface area contributed by atoms with Crippen molar-refractivity contribution in [3.63, 3.8) is 0 Å². The second kappa shape index (κ2) is 3.13. The van der Waals surface area contributed by atoms with E-state index in [4.69, 9.17) is 5.11 Å². The van der Waals surface area contributed by atoms with Gasteiger partial charge in [-0.25, -0.2) is 4.21 Å². The summed E-state index contributed by atoms with van der Waals surface area (Å²) in [4.78, 5) is 0.684. The lowest BCUT2D eigenvalue weighted by molar-refractivity contribution is 0.416. The van der Waals surface area contributed by atoms with Crippen molar-refractivity contribution in [1.82, 2.24) is 0 Å². The van der Waals surface area contributed by atoms with E-state index in [9.17, 15) is 4.21 Å². The minimum atomic E-state index is -2.42. The second-order valence-electron chi connectivity index (χ2n) is 3.32. The Balaban J connectivity index is 2.43. The molecule has 1 heterocycles. The highest BCUT2D eigenvalue weighted by Gasteiger charge is 2.18. The first-order valence-corrected chi connectivity index (χ1v) is 5.97. The van der Waals surface area contributed by atoms with Crippen molar-refractivity contribution in [1.29, 1.82) is 0 Å². The normalized spacial score (nSPS) is 25.6. The Morgan fingerprint density at radius 2 is 2.00 bits per heavy atom. The van der Waals surface area contributed by atoms with Gasteiger partial charge in [0.1, 0.15) is 5.76 Å². The molecule has 4 heteroatoms. The maximum atomic E-state index is 12.1. The molecule has 0 radical (unpaired) electrons. The number of rotatable bonds is 1. The van der Waals surface area contributed by atoms with Crippen LogP contribution < -0.4 is 0 Å². The molecule has 0 amide bonds. The largest absolute Gasteiger partial charge is 0.510 e. The molecule has 14 heavy (non-hydrogen) atoms. The highest BCUT2D eigenvalue weighted by Crippen LogP contribution is 2.21. The fraction of sp³-hybridized carbons (Fsp3) is 0.200. The molecule has 74 valence electrons. The van der Waals surface area contributed by atoms with E-state index in [0.29, 0.717) is 4.90 Å². The van der Waals surface area contributed by atoms with Crippen LogP contribution in [0, 0.1) is 6.92 Å². The van der Waals surface area contributed by atoms with Crippen molar-refractivity contribution >= 4 is 9.73 Å². The summed E-state index contributed by atoms with van der Waals surface area (Å²) in [6.45, 7) is 1.97. The number of nitrogens with zero attached hydrogens (tertiary/aromatic N) is 1. The zero-order chi connectivity index (χ0) is 10.2. The van der Waals surface area contributed by atoms with E-state index in [-0.39, 0.29) is 11.5 Å². The van der Waals surface area contributed by atoms with Gasteiger partial charge in [0, 0.05) is 4.90 Å². The summed E-state index contributed by atoms with van der Waals surface area (Å²) in [5.74, 6) is 0.228. The molecule has 0 saturated carbocycles. The predicted molar refractivity (Wildman–Crippen MR) is 55.6 cm³/mol. The first-order valence-electron chi connectivity index (χ1n) is 4.29. The van der Waals surface area contributed by atoms with E-state index in [1.807, 2.05) is 19.1 Å². The van der Waals surface area contributed by atoms with Gasteiger partial charge in [0.05, 0.1) is 21.7 Å². The third-order valence-corrected chi connectivity index (χ3v) is 4.25. The minimum Gasteiger partial charge on any atom is -0.510 e. The van der Waals surface area contributed by atoms with Crippen molar-refractivity contribution < 1.29 is 9.32 Å². The topological polar surface area (TPSA) is 49.7 Å². The molecule has 1 N–H and O–H groups in total. The maximum absolute atomic E-state index is 12.1. The molecule has 1 aliphatic heterocycles. The fourth-order valence-corrected chi connectivity index (χ4v) is 3.01. The van der Waals surface area contributed by atoms with Crippen LogP contribution in [0.1, 0.15) is 5.56 Å². The molecular weight excluding hydrogens is 198 g/mol. The Kier molecular flexibility index (Phi) is 2.07.